The highest BCUT2D eigenvalue weighted by Gasteiger charge is 2.27. The van der Waals surface area contributed by atoms with Crippen molar-refractivity contribution in [2.24, 2.45) is 0 Å². The molecule has 5 nitrogen and oxygen atoms in total. The van der Waals surface area contributed by atoms with Crippen molar-refractivity contribution >= 4 is 11.8 Å². The molecule has 0 heterocycles. The zero-order valence-corrected chi connectivity index (χ0v) is 13.5. The lowest BCUT2D eigenvalue weighted by atomic mass is 9.96. The van der Waals surface area contributed by atoms with Crippen LogP contribution in [0.1, 0.15) is 23.6 Å². The van der Waals surface area contributed by atoms with Crippen LogP contribution in [0.4, 0.5) is 0 Å². The molecule has 120 valence electrons. The second-order valence-electron chi connectivity index (χ2n) is 5.64. The number of quaternary nitrogens is 1. The predicted molar refractivity (Wildman–Crippen MR) is 88.9 cm³/mol. The number of aryl methyl sites for hydroxylation is 1. The number of phenolic OH excluding ortho intramolecular Hbond substituents is 3. The Labute approximate surface area is 137 Å². The monoisotopic (exact) mass is 332 g/mol. The summed E-state index contributed by atoms with van der Waals surface area (Å²) >= 11 is 1.36. The molecule has 1 atom stereocenters. The summed E-state index contributed by atoms with van der Waals surface area (Å²) in [7, 11) is 0. The van der Waals surface area contributed by atoms with E-state index in [4.69, 9.17) is 0 Å². The number of benzene rings is 1. The van der Waals surface area contributed by atoms with Gasteiger partial charge in [-0.1, -0.05) is 6.07 Å². The standard InChI is InChI=1S/C17H17NO4S/c1-23-14-5-3-9-10(7-12(14)19)11(18)4-2-8-6-13(20)16(21)17(22)15(8)9/h3,5-7,11,20-22H,2,4,18H2,1H3/p+1/t11-/m0/s1. The van der Waals surface area contributed by atoms with Gasteiger partial charge in [-0.25, -0.2) is 0 Å². The van der Waals surface area contributed by atoms with Crippen molar-refractivity contribution in [3.63, 3.8) is 0 Å². The Kier molecular flexibility index (Phi) is 3.95. The average molecular weight is 332 g/mol. The average Bonchev–Trinajstić information content (AvgIpc) is 2.76. The van der Waals surface area contributed by atoms with Crippen LogP contribution in [0.25, 0.3) is 11.1 Å². The largest absolute Gasteiger partial charge is 0.504 e. The van der Waals surface area contributed by atoms with Crippen molar-refractivity contribution in [1.82, 2.24) is 0 Å². The lowest BCUT2D eigenvalue weighted by Crippen LogP contribution is -2.53. The van der Waals surface area contributed by atoms with Gasteiger partial charge in [0.25, 0.3) is 0 Å². The molecule has 2 aromatic carbocycles. The van der Waals surface area contributed by atoms with Crippen LogP contribution >= 0.6 is 11.8 Å². The number of phenols is 3. The van der Waals surface area contributed by atoms with Crippen LogP contribution in [0.2, 0.25) is 0 Å². The fraction of sp³-hybridized carbons (Fsp3) is 0.235. The van der Waals surface area contributed by atoms with Gasteiger partial charge in [0.1, 0.15) is 6.04 Å². The highest BCUT2D eigenvalue weighted by molar-refractivity contribution is 7.98. The molecule has 0 saturated carbocycles. The third-order valence-corrected chi connectivity index (χ3v) is 5.05. The summed E-state index contributed by atoms with van der Waals surface area (Å²) in [5.74, 6) is -1.25. The second kappa shape index (κ2) is 5.79. The Hall–Kier alpha value is -2.18. The molecule has 23 heavy (non-hydrogen) atoms. The normalized spacial score (nSPS) is 16.3. The van der Waals surface area contributed by atoms with Crippen molar-refractivity contribution in [3.05, 3.63) is 45.6 Å². The quantitative estimate of drug-likeness (QED) is 0.470. The maximum Gasteiger partial charge on any atom is 0.200 e. The van der Waals surface area contributed by atoms with Crippen LogP contribution in [0, 0.1) is 0 Å². The summed E-state index contributed by atoms with van der Waals surface area (Å²) in [6, 6.07) is 6.42. The molecule has 0 aromatic heterocycles. The van der Waals surface area contributed by atoms with Crippen molar-refractivity contribution in [3.8, 4) is 28.4 Å². The van der Waals surface area contributed by atoms with Gasteiger partial charge < -0.3 is 21.1 Å². The Bertz CT molecular complexity index is 851. The zero-order chi connectivity index (χ0) is 16.7. The van der Waals surface area contributed by atoms with E-state index in [1.165, 1.54) is 17.8 Å². The smallest absolute Gasteiger partial charge is 0.200 e. The van der Waals surface area contributed by atoms with Crippen molar-refractivity contribution in [2.75, 3.05) is 6.26 Å². The van der Waals surface area contributed by atoms with Crippen molar-refractivity contribution < 1.29 is 21.1 Å². The van der Waals surface area contributed by atoms with Gasteiger partial charge in [-0.15, -0.1) is 11.8 Å². The van der Waals surface area contributed by atoms with Gasteiger partial charge in [0.05, 0.1) is 4.90 Å². The van der Waals surface area contributed by atoms with E-state index in [9.17, 15) is 20.1 Å². The SMILES string of the molecule is CSc1ccc2c(cc1=O)[C@@H]([NH3+])CCc1cc(O)c(O)c(O)c1-2. The van der Waals surface area contributed by atoms with Crippen LogP contribution in [0.3, 0.4) is 0 Å². The lowest BCUT2D eigenvalue weighted by molar-refractivity contribution is -0.427. The highest BCUT2D eigenvalue weighted by atomic mass is 32.2. The molecule has 1 aliphatic carbocycles. The summed E-state index contributed by atoms with van der Waals surface area (Å²) in [5, 5.41) is 30.0. The summed E-state index contributed by atoms with van der Waals surface area (Å²) in [4.78, 5) is 12.9. The second-order valence-corrected chi connectivity index (χ2v) is 6.49. The van der Waals surface area contributed by atoms with Crippen LogP contribution in [0.15, 0.2) is 34.0 Å². The Morgan fingerprint density at radius 1 is 1.17 bits per heavy atom. The van der Waals surface area contributed by atoms with Crippen molar-refractivity contribution in [2.45, 2.75) is 23.8 Å². The first-order valence-electron chi connectivity index (χ1n) is 7.26. The third kappa shape index (κ3) is 2.54. The molecular formula is C17H18NO4S+. The maximum atomic E-state index is 12.3. The van der Waals surface area contributed by atoms with Gasteiger partial charge in [0, 0.05) is 17.5 Å². The molecular weight excluding hydrogens is 314 g/mol. The van der Waals surface area contributed by atoms with Gasteiger partial charge in [-0.2, -0.15) is 0 Å². The fourth-order valence-electron chi connectivity index (χ4n) is 3.04. The molecule has 3 rings (SSSR count). The molecule has 0 saturated heterocycles. The predicted octanol–water partition coefficient (Wildman–Crippen LogP) is 1.78. The number of rotatable bonds is 1. The first-order valence-corrected chi connectivity index (χ1v) is 8.49. The molecule has 0 unspecified atom stereocenters. The molecule has 1 aliphatic rings. The van der Waals surface area contributed by atoms with Crippen molar-refractivity contribution in [1.29, 1.82) is 0 Å². The number of hydrogen-bond acceptors (Lipinski definition) is 5. The van der Waals surface area contributed by atoms with E-state index in [1.807, 2.05) is 6.26 Å². The fourth-order valence-corrected chi connectivity index (χ4v) is 3.51. The van der Waals surface area contributed by atoms with E-state index in [1.54, 1.807) is 18.2 Å². The summed E-state index contributed by atoms with van der Waals surface area (Å²) in [6.45, 7) is 0. The minimum Gasteiger partial charge on any atom is -0.504 e. The number of fused-ring (bicyclic) bond motifs is 3. The van der Waals surface area contributed by atoms with Gasteiger partial charge in [0.2, 0.25) is 5.75 Å². The van der Waals surface area contributed by atoms with Crippen LogP contribution in [0.5, 0.6) is 17.2 Å². The molecule has 0 aliphatic heterocycles. The van der Waals surface area contributed by atoms with Gasteiger partial charge in [-0.05, 0) is 42.0 Å². The molecule has 0 amide bonds. The Morgan fingerprint density at radius 2 is 1.91 bits per heavy atom. The highest BCUT2D eigenvalue weighted by Crippen LogP contribution is 2.48. The van der Waals surface area contributed by atoms with Crippen LogP contribution < -0.4 is 11.2 Å². The van der Waals surface area contributed by atoms with E-state index in [0.29, 0.717) is 28.9 Å². The third-order valence-electron chi connectivity index (χ3n) is 4.27. The topological polar surface area (TPSA) is 105 Å². The summed E-state index contributed by atoms with van der Waals surface area (Å²) in [6.07, 6.45) is 3.10. The Morgan fingerprint density at radius 3 is 2.61 bits per heavy atom. The van der Waals surface area contributed by atoms with Gasteiger partial charge >= 0.3 is 0 Å². The minimum absolute atomic E-state index is 0.0849. The molecule has 6 N–H and O–H groups in total. The van der Waals surface area contributed by atoms with E-state index >= 15 is 0 Å². The maximum absolute atomic E-state index is 12.3. The Balaban J connectivity index is 2.42. The molecule has 0 bridgehead atoms. The number of aromatic hydroxyl groups is 3. The van der Waals surface area contributed by atoms with E-state index < -0.39 is 5.75 Å². The first-order chi connectivity index (χ1) is 10.9. The van der Waals surface area contributed by atoms with E-state index in [-0.39, 0.29) is 23.0 Å². The van der Waals surface area contributed by atoms with Gasteiger partial charge in [-0.3, -0.25) is 4.79 Å². The van der Waals surface area contributed by atoms with Gasteiger partial charge in [0.15, 0.2) is 16.9 Å². The van der Waals surface area contributed by atoms with E-state index in [2.05, 4.69) is 5.73 Å². The van der Waals surface area contributed by atoms with Crippen LogP contribution in [-0.2, 0) is 6.42 Å². The molecule has 6 heteroatoms. The molecule has 0 fully saturated rings. The zero-order valence-electron chi connectivity index (χ0n) is 12.7. The van der Waals surface area contributed by atoms with Crippen LogP contribution in [-0.4, -0.2) is 21.6 Å². The number of thioether (sulfide) groups is 1. The summed E-state index contributed by atoms with van der Waals surface area (Å²) < 4.78 is 0. The summed E-state index contributed by atoms with van der Waals surface area (Å²) in [5.41, 5.74) is 6.65. The minimum atomic E-state index is -0.545. The molecule has 2 aromatic rings. The van der Waals surface area contributed by atoms with E-state index in [0.717, 1.165) is 11.1 Å². The lowest BCUT2D eigenvalue weighted by Gasteiger charge is -2.12. The molecule has 0 radical (unpaired) electrons. The molecule has 0 spiro atoms. The number of hydrogen-bond donors (Lipinski definition) is 4. The first kappa shape index (κ1) is 15.7.